The molecule has 62 valence electrons. The fraction of sp³-hybridized carbons (Fsp3) is 0.222. The summed E-state index contributed by atoms with van der Waals surface area (Å²) in [5, 5.41) is 8.63. The normalized spacial score (nSPS) is 12.1. The van der Waals surface area contributed by atoms with Gasteiger partial charge in [0.25, 0.3) is 0 Å². The van der Waals surface area contributed by atoms with Crippen LogP contribution in [0.25, 0.3) is 0 Å². The van der Waals surface area contributed by atoms with Crippen LogP contribution in [-0.2, 0) is 0 Å². The van der Waals surface area contributed by atoms with E-state index < -0.39 is 0 Å². The van der Waals surface area contributed by atoms with Crippen molar-refractivity contribution in [2.75, 3.05) is 6.54 Å². The van der Waals surface area contributed by atoms with Gasteiger partial charge in [-0.05, 0) is 17.7 Å². The maximum atomic E-state index is 12.4. The Labute approximate surface area is 70.4 Å². The van der Waals surface area contributed by atoms with Crippen molar-refractivity contribution in [1.82, 2.24) is 0 Å². The lowest BCUT2D eigenvalue weighted by molar-refractivity contribution is 0.626. The van der Waals surface area contributed by atoms with Gasteiger partial charge in [-0.3, -0.25) is 0 Å². The van der Waals surface area contributed by atoms with Gasteiger partial charge >= 0.3 is 0 Å². The lowest BCUT2D eigenvalue weighted by Crippen LogP contribution is -2.10. The monoisotopic (exact) mass is 164 g/mol. The summed E-state index contributed by atoms with van der Waals surface area (Å²) < 4.78 is 12.4. The zero-order valence-corrected chi connectivity index (χ0v) is 6.50. The summed E-state index contributed by atoms with van der Waals surface area (Å²) in [5.41, 5.74) is 6.10. The van der Waals surface area contributed by atoms with Crippen molar-refractivity contribution in [2.24, 2.45) is 5.73 Å². The SMILES string of the molecule is N#CC(CN)c1ccc(F)cc1. The molecule has 1 atom stereocenters. The molecule has 0 radical (unpaired) electrons. The summed E-state index contributed by atoms with van der Waals surface area (Å²) in [6.45, 7) is 0.266. The molecule has 0 spiro atoms. The highest BCUT2D eigenvalue weighted by Crippen LogP contribution is 2.13. The van der Waals surface area contributed by atoms with E-state index in [1.54, 1.807) is 12.1 Å². The zero-order valence-electron chi connectivity index (χ0n) is 6.50. The second kappa shape index (κ2) is 3.84. The number of benzene rings is 1. The van der Waals surface area contributed by atoms with Crippen LogP contribution in [0.15, 0.2) is 24.3 Å². The number of nitrogens with two attached hydrogens (primary N) is 1. The molecule has 2 N–H and O–H groups in total. The Morgan fingerprint density at radius 1 is 1.42 bits per heavy atom. The number of hydrogen-bond acceptors (Lipinski definition) is 2. The summed E-state index contributed by atoms with van der Waals surface area (Å²) in [6.07, 6.45) is 0. The topological polar surface area (TPSA) is 49.8 Å². The molecule has 0 bridgehead atoms. The van der Waals surface area contributed by atoms with Crippen molar-refractivity contribution in [1.29, 1.82) is 5.26 Å². The molecule has 0 heterocycles. The number of nitriles is 1. The number of halogens is 1. The van der Waals surface area contributed by atoms with Crippen LogP contribution in [0.4, 0.5) is 4.39 Å². The number of hydrogen-bond donors (Lipinski definition) is 1. The highest BCUT2D eigenvalue weighted by molar-refractivity contribution is 5.25. The molecule has 0 aliphatic heterocycles. The molecule has 12 heavy (non-hydrogen) atoms. The average Bonchev–Trinajstić information content (AvgIpc) is 2.10. The minimum atomic E-state index is -0.328. The third-order valence-corrected chi connectivity index (χ3v) is 1.66. The molecule has 0 aromatic heterocycles. The summed E-state index contributed by atoms with van der Waals surface area (Å²) >= 11 is 0. The molecule has 0 amide bonds. The maximum Gasteiger partial charge on any atom is 0.123 e. The van der Waals surface area contributed by atoms with Gasteiger partial charge in [-0.15, -0.1) is 0 Å². The smallest absolute Gasteiger partial charge is 0.123 e. The van der Waals surface area contributed by atoms with Gasteiger partial charge in [0.05, 0.1) is 12.0 Å². The quantitative estimate of drug-likeness (QED) is 0.718. The van der Waals surface area contributed by atoms with E-state index in [1.165, 1.54) is 12.1 Å². The Morgan fingerprint density at radius 2 is 2.00 bits per heavy atom. The first-order valence-electron chi connectivity index (χ1n) is 3.63. The van der Waals surface area contributed by atoms with E-state index in [4.69, 9.17) is 11.0 Å². The molecular weight excluding hydrogens is 155 g/mol. The number of nitrogens with zero attached hydrogens (tertiary/aromatic N) is 1. The first-order valence-corrected chi connectivity index (χ1v) is 3.63. The summed E-state index contributed by atoms with van der Waals surface area (Å²) in [4.78, 5) is 0. The van der Waals surface area contributed by atoms with E-state index in [2.05, 4.69) is 0 Å². The van der Waals surface area contributed by atoms with Gasteiger partial charge in [0.2, 0.25) is 0 Å². The fourth-order valence-corrected chi connectivity index (χ4v) is 0.958. The van der Waals surface area contributed by atoms with Crippen LogP contribution in [0.2, 0.25) is 0 Å². The molecule has 1 unspecified atom stereocenters. The van der Waals surface area contributed by atoms with E-state index in [-0.39, 0.29) is 18.3 Å². The molecule has 1 aromatic rings. The van der Waals surface area contributed by atoms with Crippen molar-refractivity contribution in [3.05, 3.63) is 35.6 Å². The summed E-state index contributed by atoms with van der Waals surface area (Å²) in [5.74, 6) is -0.627. The van der Waals surface area contributed by atoms with Crippen LogP contribution in [0, 0.1) is 17.1 Å². The van der Waals surface area contributed by atoms with E-state index in [1.807, 2.05) is 6.07 Å². The van der Waals surface area contributed by atoms with E-state index >= 15 is 0 Å². The Kier molecular flexibility index (Phi) is 2.78. The van der Waals surface area contributed by atoms with E-state index in [0.29, 0.717) is 0 Å². The first-order chi connectivity index (χ1) is 5.77. The van der Waals surface area contributed by atoms with Gasteiger partial charge in [-0.1, -0.05) is 12.1 Å². The van der Waals surface area contributed by atoms with Crippen molar-refractivity contribution >= 4 is 0 Å². The third-order valence-electron chi connectivity index (χ3n) is 1.66. The van der Waals surface area contributed by atoms with Crippen molar-refractivity contribution in [2.45, 2.75) is 5.92 Å². The molecule has 1 rings (SSSR count). The summed E-state index contributed by atoms with van der Waals surface area (Å²) in [7, 11) is 0. The van der Waals surface area contributed by atoms with Crippen molar-refractivity contribution in [3.63, 3.8) is 0 Å². The number of rotatable bonds is 2. The standard InChI is InChI=1S/C9H9FN2/c10-9-3-1-7(2-4-9)8(5-11)6-12/h1-4,8H,5,11H2. The maximum absolute atomic E-state index is 12.4. The Bertz CT molecular complexity index is 286. The van der Waals surface area contributed by atoms with Gasteiger partial charge in [0.1, 0.15) is 5.82 Å². The fourth-order valence-electron chi connectivity index (χ4n) is 0.958. The average molecular weight is 164 g/mol. The molecule has 0 fully saturated rings. The third kappa shape index (κ3) is 1.80. The van der Waals surface area contributed by atoms with Crippen LogP contribution < -0.4 is 5.73 Å². The van der Waals surface area contributed by atoms with Crippen molar-refractivity contribution in [3.8, 4) is 6.07 Å². The highest BCUT2D eigenvalue weighted by Gasteiger charge is 2.06. The molecule has 0 aliphatic carbocycles. The predicted molar refractivity (Wildman–Crippen MR) is 43.8 cm³/mol. The van der Waals surface area contributed by atoms with E-state index in [0.717, 1.165) is 5.56 Å². The summed E-state index contributed by atoms with van der Waals surface area (Å²) in [6, 6.07) is 7.86. The van der Waals surface area contributed by atoms with Crippen LogP contribution in [0.1, 0.15) is 11.5 Å². The molecule has 0 saturated carbocycles. The molecule has 1 aromatic carbocycles. The van der Waals surface area contributed by atoms with Crippen LogP contribution >= 0.6 is 0 Å². The molecule has 0 aliphatic rings. The minimum Gasteiger partial charge on any atom is -0.329 e. The van der Waals surface area contributed by atoms with Gasteiger partial charge in [-0.2, -0.15) is 5.26 Å². The molecular formula is C9H9FN2. The zero-order chi connectivity index (χ0) is 8.97. The van der Waals surface area contributed by atoms with Gasteiger partial charge in [0, 0.05) is 6.54 Å². The molecule has 3 heteroatoms. The van der Waals surface area contributed by atoms with Gasteiger partial charge < -0.3 is 5.73 Å². The predicted octanol–water partition coefficient (Wildman–Crippen LogP) is 1.39. The Hall–Kier alpha value is -1.40. The van der Waals surface area contributed by atoms with Gasteiger partial charge in [0.15, 0.2) is 0 Å². The van der Waals surface area contributed by atoms with Crippen molar-refractivity contribution < 1.29 is 4.39 Å². The van der Waals surface area contributed by atoms with Gasteiger partial charge in [-0.25, -0.2) is 4.39 Å². The molecule has 2 nitrogen and oxygen atoms in total. The van der Waals surface area contributed by atoms with E-state index in [9.17, 15) is 4.39 Å². The first kappa shape index (κ1) is 8.69. The van der Waals surface area contributed by atoms with Crippen LogP contribution in [0.5, 0.6) is 0 Å². The second-order valence-electron chi connectivity index (χ2n) is 2.47. The minimum absolute atomic E-state index is 0.266. The lowest BCUT2D eigenvalue weighted by Gasteiger charge is -2.04. The second-order valence-corrected chi connectivity index (χ2v) is 2.47. The lowest BCUT2D eigenvalue weighted by atomic mass is 10.0. The Balaban J connectivity index is 2.89. The van der Waals surface area contributed by atoms with Crippen LogP contribution in [0.3, 0.4) is 0 Å². The highest BCUT2D eigenvalue weighted by atomic mass is 19.1. The van der Waals surface area contributed by atoms with Crippen LogP contribution in [-0.4, -0.2) is 6.54 Å². The molecule has 0 saturated heterocycles. The largest absolute Gasteiger partial charge is 0.329 e. The Morgan fingerprint density at radius 3 is 2.42 bits per heavy atom.